The van der Waals surface area contributed by atoms with Crippen molar-refractivity contribution in [2.75, 3.05) is 0 Å². The molecule has 2 N–H and O–H groups in total. The second kappa shape index (κ2) is 7.48. The molecule has 5 nitrogen and oxygen atoms in total. The molecule has 33 heavy (non-hydrogen) atoms. The maximum Gasteiger partial charge on any atom is 0.337 e. The lowest BCUT2D eigenvalue weighted by Gasteiger charge is -2.19. The Kier molecular flexibility index (Phi) is 5.12. The first-order chi connectivity index (χ1) is 15.3. The molecule has 0 aliphatic rings. The number of carboxylic acids is 2. The second-order valence-electron chi connectivity index (χ2n) is 10.6. The Hall–Kier alpha value is -3.60. The van der Waals surface area contributed by atoms with Gasteiger partial charge in [0.1, 0.15) is 0 Å². The Balaban J connectivity index is 2.23. The zero-order valence-electron chi connectivity index (χ0n) is 19.9. The van der Waals surface area contributed by atoms with E-state index in [2.05, 4.69) is 53.7 Å². The van der Waals surface area contributed by atoms with Gasteiger partial charge < -0.3 is 14.8 Å². The average molecular weight is 444 g/mol. The van der Waals surface area contributed by atoms with E-state index in [4.69, 9.17) is 0 Å². The van der Waals surface area contributed by atoms with Crippen molar-refractivity contribution in [1.29, 1.82) is 0 Å². The predicted molar refractivity (Wildman–Crippen MR) is 132 cm³/mol. The number of hydrogen-bond acceptors (Lipinski definition) is 2. The minimum atomic E-state index is -1.17. The maximum atomic E-state index is 12.1. The van der Waals surface area contributed by atoms with Crippen LogP contribution >= 0.6 is 0 Å². The molecular formula is C28H29NO4. The highest BCUT2D eigenvalue weighted by Crippen LogP contribution is 2.39. The molecule has 0 saturated heterocycles. The van der Waals surface area contributed by atoms with Gasteiger partial charge in [0.15, 0.2) is 0 Å². The van der Waals surface area contributed by atoms with E-state index < -0.39 is 11.9 Å². The van der Waals surface area contributed by atoms with Crippen LogP contribution in [0.4, 0.5) is 0 Å². The summed E-state index contributed by atoms with van der Waals surface area (Å²) in [5.74, 6) is -2.33. The summed E-state index contributed by atoms with van der Waals surface area (Å²) < 4.78 is 1.79. The van der Waals surface area contributed by atoms with Gasteiger partial charge in [-0.2, -0.15) is 0 Å². The zero-order valence-corrected chi connectivity index (χ0v) is 19.9. The molecular weight excluding hydrogens is 414 g/mol. The fraction of sp³-hybridized carbons (Fsp3) is 0.286. The third-order valence-corrected chi connectivity index (χ3v) is 6.22. The summed E-state index contributed by atoms with van der Waals surface area (Å²) in [5, 5.41) is 21.8. The lowest BCUT2D eigenvalue weighted by atomic mass is 9.85. The van der Waals surface area contributed by atoms with Crippen molar-refractivity contribution < 1.29 is 19.8 Å². The first-order valence-electron chi connectivity index (χ1n) is 11.0. The number of aromatic nitrogens is 1. The number of nitrogens with zero attached hydrogens (tertiary/aromatic N) is 1. The zero-order chi connectivity index (χ0) is 24.3. The van der Waals surface area contributed by atoms with Crippen molar-refractivity contribution in [3.05, 3.63) is 76.9 Å². The van der Waals surface area contributed by atoms with Gasteiger partial charge in [0.25, 0.3) is 0 Å². The van der Waals surface area contributed by atoms with Crippen LogP contribution in [0.25, 0.3) is 27.5 Å². The van der Waals surface area contributed by atoms with E-state index in [9.17, 15) is 19.8 Å². The van der Waals surface area contributed by atoms with Gasteiger partial charge in [-0.25, -0.2) is 9.59 Å². The van der Waals surface area contributed by atoms with E-state index in [1.165, 1.54) is 18.2 Å². The molecule has 1 aromatic heterocycles. The smallest absolute Gasteiger partial charge is 0.337 e. The van der Waals surface area contributed by atoms with Gasteiger partial charge in [-0.15, -0.1) is 0 Å². The van der Waals surface area contributed by atoms with Gasteiger partial charge in [0.05, 0.1) is 27.8 Å². The molecule has 0 aliphatic carbocycles. The van der Waals surface area contributed by atoms with E-state index in [0.717, 1.165) is 32.9 Å². The van der Waals surface area contributed by atoms with E-state index in [1.807, 2.05) is 24.3 Å². The summed E-state index contributed by atoms with van der Waals surface area (Å²) in [6.07, 6.45) is 0. The van der Waals surface area contributed by atoms with Gasteiger partial charge >= 0.3 is 11.9 Å². The fourth-order valence-electron chi connectivity index (χ4n) is 4.33. The Morgan fingerprint density at radius 1 is 0.667 bits per heavy atom. The Labute approximate surface area is 193 Å². The van der Waals surface area contributed by atoms with E-state index in [0.29, 0.717) is 0 Å². The van der Waals surface area contributed by atoms with Crippen LogP contribution in [0.5, 0.6) is 0 Å². The summed E-state index contributed by atoms with van der Waals surface area (Å²) in [7, 11) is 0. The standard InChI is InChI=1S/C28H29NO4/c1-27(2,3)16-10-12-22-20(14-16)21-15-17(28(4,5)6)11-13-23(21)29(22)24-18(25(30)31)8-7-9-19(24)26(32)33/h7-15H,1-6H3,(H,30,31)(H,32,33). The summed E-state index contributed by atoms with van der Waals surface area (Å²) in [4.78, 5) is 24.3. The molecule has 0 unspecified atom stereocenters. The third kappa shape index (κ3) is 3.78. The van der Waals surface area contributed by atoms with Crippen LogP contribution in [0.15, 0.2) is 54.6 Å². The number of hydrogen-bond donors (Lipinski definition) is 2. The molecule has 0 aliphatic heterocycles. The SMILES string of the molecule is CC(C)(C)c1ccc2c(c1)c1cc(C(C)(C)C)ccc1n2-c1c(C(=O)O)cccc1C(=O)O. The monoisotopic (exact) mass is 443 g/mol. The van der Waals surface area contributed by atoms with Crippen LogP contribution in [-0.2, 0) is 10.8 Å². The van der Waals surface area contributed by atoms with Crippen LogP contribution in [0.3, 0.4) is 0 Å². The highest BCUT2D eigenvalue weighted by atomic mass is 16.4. The van der Waals surface area contributed by atoms with Crippen LogP contribution in [0.2, 0.25) is 0 Å². The average Bonchev–Trinajstić information content (AvgIpc) is 3.04. The lowest BCUT2D eigenvalue weighted by molar-refractivity contribution is 0.0696. The van der Waals surface area contributed by atoms with Crippen molar-refractivity contribution in [2.45, 2.75) is 52.4 Å². The minimum Gasteiger partial charge on any atom is -0.478 e. The van der Waals surface area contributed by atoms with Crippen molar-refractivity contribution in [3.63, 3.8) is 0 Å². The highest BCUT2D eigenvalue weighted by Gasteiger charge is 2.25. The van der Waals surface area contributed by atoms with Crippen LogP contribution in [0.1, 0.15) is 73.4 Å². The quantitative estimate of drug-likeness (QED) is 0.366. The molecule has 4 rings (SSSR count). The van der Waals surface area contributed by atoms with E-state index >= 15 is 0 Å². The first-order valence-corrected chi connectivity index (χ1v) is 11.0. The summed E-state index contributed by atoms with van der Waals surface area (Å²) in [5.41, 5.74) is 3.79. The topological polar surface area (TPSA) is 79.5 Å². The lowest BCUT2D eigenvalue weighted by Crippen LogP contribution is -2.13. The van der Waals surface area contributed by atoms with Crippen LogP contribution in [0, 0.1) is 0 Å². The molecule has 5 heteroatoms. The second-order valence-corrected chi connectivity index (χ2v) is 10.6. The number of rotatable bonds is 3. The van der Waals surface area contributed by atoms with Crippen LogP contribution < -0.4 is 0 Å². The molecule has 0 saturated carbocycles. The number of carboxylic acid groups (broad SMARTS) is 2. The normalized spacial score (nSPS) is 12.4. The molecule has 4 aromatic rings. The Morgan fingerprint density at radius 2 is 1.06 bits per heavy atom. The largest absolute Gasteiger partial charge is 0.478 e. The molecule has 3 aromatic carbocycles. The molecule has 0 bridgehead atoms. The number of para-hydroxylation sites is 1. The number of benzene rings is 3. The Morgan fingerprint density at radius 3 is 1.39 bits per heavy atom. The molecule has 0 amide bonds. The van der Waals surface area contributed by atoms with Gasteiger partial charge in [-0.05, 0) is 58.4 Å². The summed E-state index contributed by atoms with van der Waals surface area (Å²) in [6, 6.07) is 16.7. The van der Waals surface area contributed by atoms with Crippen molar-refractivity contribution >= 4 is 33.7 Å². The number of aromatic carboxylic acids is 2. The highest BCUT2D eigenvalue weighted by molar-refractivity contribution is 6.12. The van der Waals surface area contributed by atoms with E-state index in [1.54, 1.807) is 4.57 Å². The Bertz CT molecular complexity index is 1330. The third-order valence-electron chi connectivity index (χ3n) is 6.22. The van der Waals surface area contributed by atoms with Gasteiger partial charge in [-0.1, -0.05) is 59.7 Å². The molecule has 0 fully saturated rings. The number of fused-ring (bicyclic) bond motifs is 3. The maximum absolute atomic E-state index is 12.1. The molecule has 0 radical (unpaired) electrons. The van der Waals surface area contributed by atoms with Gasteiger partial charge in [0, 0.05) is 10.8 Å². The fourth-order valence-corrected chi connectivity index (χ4v) is 4.33. The van der Waals surface area contributed by atoms with Gasteiger partial charge in [-0.3, -0.25) is 0 Å². The van der Waals surface area contributed by atoms with E-state index in [-0.39, 0.29) is 27.6 Å². The molecule has 0 atom stereocenters. The summed E-state index contributed by atoms with van der Waals surface area (Å²) >= 11 is 0. The predicted octanol–water partition coefficient (Wildman–Crippen LogP) is 6.78. The molecule has 0 spiro atoms. The van der Waals surface area contributed by atoms with Crippen molar-refractivity contribution in [2.24, 2.45) is 0 Å². The van der Waals surface area contributed by atoms with Gasteiger partial charge in [0.2, 0.25) is 0 Å². The minimum absolute atomic E-state index is 0.0477. The molecule has 170 valence electrons. The van der Waals surface area contributed by atoms with Crippen LogP contribution in [-0.4, -0.2) is 26.7 Å². The molecule has 1 heterocycles. The summed E-state index contributed by atoms with van der Waals surface area (Å²) in [6.45, 7) is 12.9. The first kappa shape index (κ1) is 22.6. The van der Waals surface area contributed by atoms with Crippen molar-refractivity contribution in [1.82, 2.24) is 4.57 Å². The van der Waals surface area contributed by atoms with Crippen molar-refractivity contribution in [3.8, 4) is 5.69 Å². The number of carbonyl (C=O) groups is 2.